The number of ether oxygens (including phenoxy) is 1. The normalized spacial score (nSPS) is 31.0. The highest BCUT2D eigenvalue weighted by atomic mass is 16.6. The molecular formula is C18H27N2O3+. The van der Waals surface area contributed by atoms with Crippen molar-refractivity contribution < 1.29 is 19.2 Å². The Morgan fingerprint density at radius 2 is 1.91 bits per heavy atom. The molecule has 0 aromatic heterocycles. The molecule has 1 aliphatic carbocycles. The summed E-state index contributed by atoms with van der Waals surface area (Å²) < 4.78 is 6.06. The summed E-state index contributed by atoms with van der Waals surface area (Å²) >= 11 is 0. The number of nitrogens with two attached hydrogens (primary N) is 1. The van der Waals surface area contributed by atoms with Crippen LogP contribution < -0.4 is 5.84 Å². The first kappa shape index (κ1) is 16.4. The van der Waals surface area contributed by atoms with E-state index in [-0.39, 0.29) is 12.0 Å². The van der Waals surface area contributed by atoms with Gasteiger partial charge in [0.05, 0.1) is 13.6 Å². The molecule has 1 aromatic carbocycles. The van der Waals surface area contributed by atoms with Gasteiger partial charge in [-0.2, -0.15) is 5.84 Å². The minimum Gasteiger partial charge on any atom is -0.454 e. The van der Waals surface area contributed by atoms with E-state index < -0.39 is 11.6 Å². The SMILES string of the molecule is C[N+]1(N)CC[C@@H](OC(=O)[C@@](O)(c2ccccc2)C2CCCC2)C1. The first-order chi connectivity index (χ1) is 10.9. The van der Waals surface area contributed by atoms with E-state index in [1.807, 2.05) is 37.4 Å². The third kappa shape index (κ3) is 3.27. The maximum absolute atomic E-state index is 12.9. The zero-order chi connectivity index (χ0) is 16.5. The fraction of sp³-hybridized carbons (Fsp3) is 0.611. The van der Waals surface area contributed by atoms with Crippen molar-refractivity contribution in [1.29, 1.82) is 0 Å². The first-order valence-corrected chi connectivity index (χ1v) is 8.54. The van der Waals surface area contributed by atoms with Gasteiger partial charge in [-0.05, 0) is 18.4 Å². The number of esters is 1. The zero-order valence-corrected chi connectivity index (χ0v) is 13.8. The van der Waals surface area contributed by atoms with Crippen LogP contribution in [0, 0.1) is 5.92 Å². The molecule has 126 valence electrons. The predicted molar refractivity (Wildman–Crippen MR) is 86.9 cm³/mol. The lowest BCUT2D eigenvalue weighted by molar-refractivity contribution is -0.910. The molecule has 23 heavy (non-hydrogen) atoms. The van der Waals surface area contributed by atoms with Gasteiger partial charge in [-0.25, -0.2) is 9.39 Å². The number of rotatable bonds is 4. The molecule has 0 spiro atoms. The van der Waals surface area contributed by atoms with Crippen molar-refractivity contribution in [2.24, 2.45) is 11.8 Å². The van der Waals surface area contributed by atoms with Gasteiger partial charge in [0, 0.05) is 12.3 Å². The van der Waals surface area contributed by atoms with Crippen LogP contribution >= 0.6 is 0 Å². The van der Waals surface area contributed by atoms with Crippen molar-refractivity contribution >= 4 is 5.97 Å². The fourth-order valence-electron chi connectivity index (χ4n) is 3.98. The second-order valence-corrected chi connectivity index (χ2v) is 7.32. The van der Waals surface area contributed by atoms with Crippen molar-refractivity contribution in [3.63, 3.8) is 0 Å². The van der Waals surface area contributed by atoms with Crippen molar-refractivity contribution in [2.45, 2.75) is 43.8 Å². The second kappa shape index (κ2) is 6.23. The van der Waals surface area contributed by atoms with Gasteiger partial charge in [0.1, 0.15) is 6.54 Å². The summed E-state index contributed by atoms with van der Waals surface area (Å²) in [5.74, 6) is 5.49. The Hall–Kier alpha value is -1.43. The van der Waals surface area contributed by atoms with E-state index in [1.165, 1.54) is 0 Å². The maximum atomic E-state index is 12.9. The van der Waals surface area contributed by atoms with Crippen LogP contribution in [0.3, 0.4) is 0 Å². The Bertz CT molecular complexity index is 555. The molecule has 5 nitrogen and oxygen atoms in total. The number of aliphatic hydroxyl groups is 1. The first-order valence-electron chi connectivity index (χ1n) is 8.54. The van der Waals surface area contributed by atoms with E-state index in [1.54, 1.807) is 0 Å². The third-order valence-electron chi connectivity index (χ3n) is 5.33. The molecule has 1 aliphatic heterocycles. The monoisotopic (exact) mass is 319 g/mol. The second-order valence-electron chi connectivity index (χ2n) is 7.32. The van der Waals surface area contributed by atoms with Crippen molar-refractivity contribution in [1.82, 2.24) is 0 Å². The third-order valence-corrected chi connectivity index (χ3v) is 5.33. The summed E-state index contributed by atoms with van der Waals surface area (Å²) in [5, 5.41) is 11.3. The van der Waals surface area contributed by atoms with Crippen LogP contribution in [-0.4, -0.2) is 41.9 Å². The topological polar surface area (TPSA) is 72.5 Å². The standard InChI is InChI=1S/C18H27N2O3/c1-20(19)12-11-16(13-20)23-17(21)18(22,15-9-5-6-10-15)14-7-3-2-4-8-14/h2-4,7-8,15-16,22H,5-6,9-13,19H2,1H3/q+1/t16-,18-,20?/m1/s1. The number of quaternary nitrogens is 1. The van der Waals surface area contributed by atoms with E-state index in [2.05, 4.69) is 0 Å². The molecule has 2 aliphatic rings. The number of carbonyl (C=O) groups is 1. The van der Waals surface area contributed by atoms with Crippen molar-refractivity contribution in [3.8, 4) is 0 Å². The van der Waals surface area contributed by atoms with Crippen LogP contribution in [0.2, 0.25) is 0 Å². The number of likely N-dealkylation sites (tertiary alicyclic amines) is 1. The molecule has 1 saturated heterocycles. The number of hydrogen-bond donors (Lipinski definition) is 2. The van der Waals surface area contributed by atoms with E-state index >= 15 is 0 Å². The van der Waals surface area contributed by atoms with Gasteiger partial charge < -0.3 is 9.84 Å². The van der Waals surface area contributed by atoms with E-state index in [0.717, 1.165) is 38.6 Å². The molecule has 0 amide bonds. The van der Waals surface area contributed by atoms with Crippen LogP contribution in [0.4, 0.5) is 0 Å². The predicted octanol–water partition coefficient (Wildman–Crippen LogP) is 1.70. The zero-order valence-electron chi connectivity index (χ0n) is 13.8. The highest BCUT2D eigenvalue weighted by Gasteiger charge is 2.49. The Morgan fingerprint density at radius 1 is 1.26 bits per heavy atom. The summed E-state index contributed by atoms with van der Waals surface area (Å²) in [5.41, 5.74) is -0.905. The van der Waals surface area contributed by atoms with E-state index in [4.69, 9.17) is 10.6 Å². The van der Waals surface area contributed by atoms with Gasteiger partial charge in [0.2, 0.25) is 0 Å². The van der Waals surface area contributed by atoms with Crippen LogP contribution in [0.15, 0.2) is 30.3 Å². The Kier molecular flexibility index (Phi) is 4.45. The van der Waals surface area contributed by atoms with Crippen LogP contribution in [0.1, 0.15) is 37.7 Å². The summed E-state index contributed by atoms with van der Waals surface area (Å²) in [6.45, 7) is 1.38. The summed E-state index contributed by atoms with van der Waals surface area (Å²) in [6, 6.07) is 9.23. The summed E-state index contributed by atoms with van der Waals surface area (Å²) in [7, 11) is 1.92. The number of benzene rings is 1. The minimum absolute atomic E-state index is 0.0717. The van der Waals surface area contributed by atoms with Gasteiger partial charge >= 0.3 is 5.97 Å². The smallest absolute Gasteiger partial charge is 0.343 e. The highest BCUT2D eigenvalue weighted by Crippen LogP contribution is 2.41. The molecule has 1 saturated carbocycles. The number of hydrogen-bond acceptors (Lipinski definition) is 4. The van der Waals surface area contributed by atoms with Crippen LogP contribution in [-0.2, 0) is 15.1 Å². The summed E-state index contributed by atoms with van der Waals surface area (Å²) in [4.78, 5) is 12.9. The molecule has 3 rings (SSSR count). The van der Waals surface area contributed by atoms with Gasteiger partial charge in [-0.1, -0.05) is 43.2 Å². The van der Waals surface area contributed by atoms with Gasteiger partial charge in [0.25, 0.3) is 0 Å². The van der Waals surface area contributed by atoms with E-state index in [9.17, 15) is 9.90 Å². The molecule has 0 radical (unpaired) electrons. The molecule has 5 heteroatoms. The highest BCUT2D eigenvalue weighted by molar-refractivity contribution is 5.81. The lowest BCUT2D eigenvalue weighted by Crippen LogP contribution is -2.50. The molecular weight excluding hydrogens is 292 g/mol. The Labute approximate surface area is 137 Å². The number of nitrogens with zero attached hydrogens (tertiary/aromatic N) is 1. The van der Waals surface area contributed by atoms with Crippen molar-refractivity contribution in [2.75, 3.05) is 20.1 Å². The molecule has 3 atom stereocenters. The maximum Gasteiger partial charge on any atom is 0.343 e. The molecule has 0 bridgehead atoms. The van der Waals surface area contributed by atoms with Crippen molar-refractivity contribution in [3.05, 3.63) is 35.9 Å². The Balaban J connectivity index is 1.82. The minimum atomic E-state index is -1.54. The fourth-order valence-corrected chi connectivity index (χ4v) is 3.98. The van der Waals surface area contributed by atoms with Gasteiger partial charge in [0.15, 0.2) is 11.7 Å². The quantitative estimate of drug-likeness (QED) is 0.503. The number of carbonyl (C=O) groups excluding carboxylic acids is 1. The van der Waals surface area contributed by atoms with Gasteiger partial charge in [-0.15, -0.1) is 0 Å². The summed E-state index contributed by atoms with van der Waals surface area (Å²) in [6.07, 6.45) is 4.34. The number of likely N-dealkylation sites (N-methyl/N-ethyl adjacent to an activating group) is 1. The molecule has 1 aromatic rings. The lowest BCUT2D eigenvalue weighted by atomic mass is 9.80. The largest absolute Gasteiger partial charge is 0.454 e. The average molecular weight is 319 g/mol. The molecule has 2 fully saturated rings. The van der Waals surface area contributed by atoms with Crippen LogP contribution in [0.25, 0.3) is 0 Å². The van der Waals surface area contributed by atoms with E-state index in [0.29, 0.717) is 16.7 Å². The Morgan fingerprint density at radius 3 is 2.48 bits per heavy atom. The van der Waals surface area contributed by atoms with Crippen LogP contribution in [0.5, 0.6) is 0 Å². The average Bonchev–Trinajstić information content (AvgIpc) is 3.17. The lowest BCUT2D eigenvalue weighted by Gasteiger charge is -2.33. The molecule has 1 unspecified atom stereocenters. The molecule has 1 heterocycles. The molecule has 3 N–H and O–H groups in total. The van der Waals surface area contributed by atoms with Gasteiger partial charge in [-0.3, -0.25) is 0 Å².